The molecule has 2 aliphatic rings. The van der Waals surface area contributed by atoms with E-state index in [4.69, 9.17) is 9.15 Å². The molecule has 0 amide bonds. The highest BCUT2D eigenvalue weighted by Gasteiger charge is 2.26. The largest absolute Gasteiger partial charge is 0.455 e. The molecule has 130 valence electrons. The van der Waals surface area contributed by atoms with Crippen LogP contribution in [0.25, 0.3) is 11.6 Å². The average Bonchev–Trinajstić information content (AvgIpc) is 3.36. The van der Waals surface area contributed by atoms with Crippen molar-refractivity contribution in [2.24, 2.45) is 0 Å². The van der Waals surface area contributed by atoms with Gasteiger partial charge in [-0.05, 0) is 37.8 Å². The number of imidazole rings is 1. The number of likely N-dealkylation sites (tertiary alicyclic amines) is 1. The highest BCUT2D eigenvalue weighted by Crippen LogP contribution is 2.29. The van der Waals surface area contributed by atoms with E-state index in [1.54, 1.807) is 6.07 Å². The zero-order valence-electron chi connectivity index (χ0n) is 13.9. The summed E-state index contributed by atoms with van der Waals surface area (Å²) < 4.78 is 13.6. The third kappa shape index (κ3) is 3.27. The van der Waals surface area contributed by atoms with E-state index in [-0.39, 0.29) is 6.61 Å². The van der Waals surface area contributed by atoms with Gasteiger partial charge in [0.25, 0.3) is 0 Å². The minimum absolute atomic E-state index is 0.0810. The fourth-order valence-electron chi connectivity index (χ4n) is 3.84. The van der Waals surface area contributed by atoms with Crippen LogP contribution < -0.4 is 0 Å². The van der Waals surface area contributed by atoms with Gasteiger partial charge in [-0.2, -0.15) is 0 Å². The van der Waals surface area contributed by atoms with Gasteiger partial charge in [-0.1, -0.05) is 0 Å². The molecule has 0 bridgehead atoms. The lowest BCUT2D eigenvalue weighted by Crippen LogP contribution is -2.39. The summed E-state index contributed by atoms with van der Waals surface area (Å²) in [6.07, 6.45) is 8.94. The number of hydrogen-bond acceptors (Lipinski definition) is 5. The summed E-state index contributed by atoms with van der Waals surface area (Å²) in [5.74, 6) is 2.16. The number of hydrogen-bond donors (Lipinski definition) is 1. The van der Waals surface area contributed by atoms with Gasteiger partial charge in [-0.3, -0.25) is 0 Å². The number of aliphatic hydroxyl groups is 1. The van der Waals surface area contributed by atoms with E-state index in [9.17, 15) is 5.11 Å². The third-order valence-corrected chi connectivity index (χ3v) is 5.14. The number of nitrogens with zero attached hydrogens (tertiary/aromatic N) is 3. The molecule has 0 aromatic carbocycles. The van der Waals surface area contributed by atoms with Crippen molar-refractivity contribution < 1.29 is 14.3 Å². The van der Waals surface area contributed by atoms with Crippen LogP contribution >= 0.6 is 0 Å². The minimum atomic E-state index is -0.0810. The van der Waals surface area contributed by atoms with Crippen molar-refractivity contribution in [2.75, 3.05) is 26.2 Å². The van der Waals surface area contributed by atoms with Crippen molar-refractivity contribution in [3.8, 4) is 11.6 Å². The Kier molecular flexibility index (Phi) is 4.69. The smallest absolute Gasteiger partial charge is 0.176 e. The zero-order chi connectivity index (χ0) is 16.4. The van der Waals surface area contributed by atoms with E-state index in [0.717, 1.165) is 50.7 Å². The molecule has 6 heteroatoms. The van der Waals surface area contributed by atoms with E-state index in [1.807, 2.05) is 18.5 Å². The number of ether oxygens (including phenoxy) is 1. The van der Waals surface area contributed by atoms with E-state index in [2.05, 4.69) is 14.5 Å². The summed E-state index contributed by atoms with van der Waals surface area (Å²) in [6, 6.07) is 4.14. The van der Waals surface area contributed by atoms with Gasteiger partial charge in [0.2, 0.25) is 0 Å². The van der Waals surface area contributed by atoms with Gasteiger partial charge >= 0.3 is 0 Å². The Morgan fingerprint density at radius 1 is 1.21 bits per heavy atom. The minimum Gasteiger partial charge on any atom is -0.455 e. The quantitative estimate of drug-likeness (QED) is 0.912. The number of furan rings is 1. The second-order valence-electron chi connectivity index (χ2n) is 6.75. The maximum absolute atomic E-state index is 9.18. The highest BCUT2D eigenvalue weighted by molar-refractivity contribution is 5.48. The maximum Gasteiger partial charge on any atom is 0.176 e. The fourth-order valence-corrected chi connectivity index (χ4v) is 3.84. The first-order valence-corrected chi connectivity index (χ1v) is 8.90. The maximum atomic E-state index is 9.18. The predicted molar refractivity (Wildman–Crippen MR) is 89.5 cm³/mol. The van der Waals surface area contributed by atoms with Crippen LogP contribution in [0.2, 0.25) is 0 Å². The predicted octanol–water partition coefficient (Wildman–Crippen LogP) is 2.45. The molecule has 24 heavy (non-hydrogen) atoms. The van der Waals surface area contributed by atoms with Crippen LogP contribution in [-0.2, 0) is 11.3 Å². The first-order valence-electron chi connectivity index (χ1n) is 8.90. The van der Waals surface area contributed by atoms with Crippen molar-refractivity contribution in [1.29, 1.82) is 0 Å². The van der Waals surface area contributed by atoms with E-state index in [0.29, 0.717) is 17.9 Å². The lowest BCUT2D eigenvalue weighted by molar-refractivity contribution is 0.0607. The van der Waals surface area contributed by atoms with Gasteiger partial charge in [0, 0.05) is 44.7 Å². The molecule has 4 rings (SSSR count). The second-order valence-corrected chi connectivity index (χ2v) is 6.75. The van der Waals surface area contributed by atoms with Crippen LogP contribution in [0.3, 0.4) is 0 Å². The number of rotatable bonds is 5. The van der Waals surface area contributed by atoms with E-state index >= 15 is 0 Å². The Morgan fingerprint density at radius 2 is 2.08 bits per heavy atom. The Morgan fingerprint density at radius 3 is 2.79 bits per heavy atom. The van der Waals surface area contributed by atoms with Crippen LogP contribution in [0.4, 0.5) is 0 Å². The van der Waals surface area contributed by atoms with E-state index in [1.165, 1.54) is 12.8 Å². The molecule has 0 saturated carbocycles. The summed E-state index contributed by atoms with van der Waals surface area (Å²) >= 11 is 0. The molecular weight excluding hydrogens is 306 g/mol. The molecule has 6 nitrogen and oxygen atoms in total. The van der Waals surface area contributed by atoms with Crippen molar-refractivity contribution in [3.05, 3.63) is 30.3 Å². The van der Waals surface area contributed by atoms with Crippen molar-refractivity contribution in [1.82, 2.24) is 14.5 Å². The second kappa shape index (κ2) is 7.09. The Labute approximate surface area is 142 Å². The zero-order valence-corrected chi connectivity index (χ0v) is 13.9. The Bertz CT molecular complexity index is 652. The average molecular weight is 331 g/mol. The highest BCUT2D eigenvalue weighted by atomic mass is 16.5. The number of aliphatic hydroxyl groups excluding tert-OH is 1. The van der Waals surface area contributed by atoms with Crippen LogP contribution in [0.15, 0.2) is 28.9 Å². The normalized spacial score (nSPS) is 23.1. The topological polar surface area (TPSA) is 63.7 Å². The van der Waals surface area contributed by atoms with Gasteiger partial charge in [-0.25, -0.2) is 4.98 Å². The molecule has 0 aliphatic carbocycles. The monoisotopic (exact) mass is 331 g/mol. The van der Waals surface area contributed by atoms with Gasteiger partial charge in [0.1, 0.15) is 12.4 Å². The molecule has 1 atom stereocenters. The molecule has 2 fully saturated rings. The Balaban J connectivity index is 1.40. The summed E-state index contributed by atoms with van der Waals surface area (Å²) in [5.41, 5.74) is 0. The summed E-state index contributed by atoms with van der Waals surface area (Å²) in [4.78, 5) is 6.99. The molecule has 4 heterocycles. The van der Waals surface area contributed by atoms with Crippen LogP contribution in [-0.4, -0.2) is 51.9 Å². The standard InChI is InChI=1S/C18H25N3O3/c22-13-16-3-4-17(24-16)18-19-7-10-21(18)14-5-8-20(9-6-14)12-15-2-1-11-23-15/h3-4,7,10,14-15,22H,1-2,5-6,8-9,11-13H2/t15-/m0/s1. The van der Waals surface area contributed by atoms with Gasteiger partial charge in [0.05, 0.1) is 6.10 Å². The van der Waals surface area contributed by atoms with Crippen LogP contribution in [0.5, 0.6) is 0 Å². The molecule has 0 spiro atoms. The van der Waals surface area contributed by atoms with Crippen molar-refractivity contribution in [3.63, 3.8) is 0 Å². The van der Waals surface area contributed by atoms with Crippen LogP contribution in [0, 0.1) is 0 Å². The molecule has 2 aliphatic heterocycles. The Hall–Kier alpha value is -1.63. The molecule has 1 N–H and O–H groups in total. The lowest BCUT2D eigenvalue weighted by Gasteiger charge is -2.34. The third-order valence-electron chi connectivity index (χ3n) is 5.14. The van der Waals surface area contributed by atoms with Crippen molar-refractivity contribution >= 4 is 0 Å². The van der Waals surface area contributed by atoms with Gasteiger partial charge < -0.3 is 23.7 Å². The van der Waals surface area contributed by atoms with Crippen molar-refractivity contribution in [2.45, 2.75) is 44.4 Å². The molecule has 0 unspecified atom stereocenters. The first kappa shape index (κ1) is 15.9. The van der Waals surface area contributed by atoms with Gasteiger partial charge in [0.15, 0.2) is 11.6 Å². The van der Waals surface area contributed by atoms with Gasteiger partial charge in [-0.15, -0.1) is 0 Å². The van der Waals surface area contributed by atoms with Crippen LogP contribution in [0.1, 0.15) is 37.5 Å². The fraction of sp³-hybridized carbons (Fsp3) is 0.611. The molecule has 2 aromatic rings. The number of aromatic nitrogens is 2. The summed E-state index contributed by atoms with van der Waals surface area (Å²) in [6.45, 7) is 4.12. The summed E-state index contributed by atoms with van der Waals surface area (Å²) in [5, 5.41) is 9.18. The summed E-state index contributed by atoms with van der Waals surface area (Å²) in [7, 11) is 0. The SMILES string of the molecule is OCc1ccc(-c2nccn2C2CCN(C[C@@H]3CCCO3)CC2)o1. The first-order chi connectivity index (χ1) is 11.8. The molecule has 0 radical (unpaired) electrons. The lowest BCUT2D eigenvalue weighted by atomic mass is 10.0. The van der Waals surface area contributed by atoms with E-state index < -0.39 is 0 Å². The molecule has 2 aromatic heterocycles. The number of piperidine rings is 1. The molecular formula is C18H25N3O3. The molecule has 2 saturated heterocycles.